The fourth-order valence-corrected chi connectivity index (χ4v) is 4.27. The first-order valence-corrected chi connectivity index (χ1v) is 13.5. The number of carbonyl (C=O) groups is 1. The minimum absolute atomic E-state index is 0.344. The van der Waals surface area contributed by atoms with Gasteiger partial charge in [0.05, 0.1) is 5.56 Å². The zero-order valence-corrected chi connectivity index (χ0v) is 24.2. The Kier molecular flexibility index (Phi) is 10.5. The standard InChI is InChI=1S/C21H26N2.C15H14O2/c1-14(2)16(4)21-12-19(9-6-15(21)3)17(5)23-13-18-7-10-20(22)11-8-18;1-2-11-7-9-12(10-8-11)13-5-3-4-6-14(13)15(16)17/h6-12,23H,5,13,22H2,1-4H3;3-10H,2H2,1H3,(H,16,17). The summed E-state index contributed by atoms with van der Waals surface area (Å²) in [7, 11) is 0. The second-order valence-corrected chi connectivity index (χ2v) is 10.1. The molecule has 0 aliphatic rings. The zero-order valence-electron chi connectivity index (χ0n) is 24.2. The number of allylic oxidation sites excluding steroid dienone is 2. The largest absolute Gasteiger partial charge is 0.478 e. The Labute approximate surface area is 238 Å². The smallest absolute Gasteiger partial charge is 0.336 e. The van der Waals surface area contributed by atoms with Crippen molar-refractivity contribution in [2.75, 3.05) is 5.73 Å². The molecule has 0 heterocycles. The molecule has 4 N–H and O–H groups in total. The van der Waals surface area contributed by atoms with Crippen LogP contribution >= 0.6 is 0 Å². The number of carboxylic acids is 1. The molecular formula is C36H40N2O2. The van der Waals surface area contributed by atoms with Gasteiger partial charge in [0, 0.05) is 17.9 Å². The number of nitrogens with two attached hydrogens (primary N) is 1. The van der Waals surface area contributed by atoms with Gasteiger partial charge in [0.2, 0.25) is 0 Å². The van der Waals surface area contributed by atoms with Crippen molar-refractivity contribution in [3.05, 3.63) is 137 Å². The summed E-state index contributed by atoms with van der Waals surface area (Å²) >= 11 is 0. The third-order valence-corrected chi connectivity index (χ3v) is 7.06. The van der Waals surface area contributed by atoms with Crippen LogP contribution in [-0.2, 0) is 13.0 Å². The predicted molar refractivity (Wildman–Crippen MR) is 170 cm³/mol. The molecule has 4 nitrogen and oxygen atoms in total. The zero-order chi connectivity index (χ0) is 29.2. The number of aryl methyl sites for hydroxylation is 2. The Morgan fingerprint density at radius 3 is 2.08 bits per heavy atom. The normalized spacial score (nSPS) is 10.2. The van der Waals surface area contributed by atoms with E-state index in [0.717, 1.165) is 41.0 Å². The molecule has 4 heteroatoms. The fraction of sp³-hybridized carbons (Fsp3) is 0.194. The van der Waals surface area contributed by atoms with Gasteiger partial charge in [0.1, 0.15) is 0 Å². The van der Waals surface area contributed by atoms with Crippen molar-refractivity contribution < 1.29 is 9.90 Å². The third kappa shape index (κ3) is 7.97. The molecule has 0 atom stereocenters. The Balaban J connectivity index is 0.000000230. The molecule has 0 aromatic heterocycles. The first kappa shape index (κ1) is 30.0. The number of aromatic carboxylic acids is 1. The molecule has 0 saturated carbocycles. The minimum atomic E-state index is -0.889. The third-order valence-electron chi connectivity index (χ3n) is 7.06. The molecule has 0 radical (unpaired) electrons. The molecule has 0 saturated heterocycles. The summed E-state index contributed by atoms with van der Waals surface area (Å²) in [4.78, 5) is 11.1. The predicted octanol–water partition coefficient (Wildman–Crippen LogP) is 8.77. The van der Waals surface area contributed by atoms with Crippen LogP contribution < -0.4 is 11.1 Å². The summed E-state index contributed by atoms with van der Waals surface area (Å²) in [6.07, 6.45) is 0.987. The molecular weight excluding hydrogens is 492 g/mol. The van der Waals surface area contributed by atoms with Gasteiger partial charge in [-0.2, -0.15) is 0 Å². The van der Waals surface area contributed by atoms with E-state index in [2.05, 4.69) is 64.7 Å². The lowest BCUT2D eigenvalue weighted by Gasteiger charge is -2.14. The molecule has 0 spiro atoms. The monoisotopic (exact) mass is 532 g/mol. The van der Waals surface area contributed by atoms with Crippen LogP contribution in [0.3, 0.4) is 0 Å². The highest BCUT2D eigenvalue weighted by molar-refractivity contribution is 5.96. The molecule has 40 heavy (non-hydrogen) atoms. The number of hydrogen-bond acceptors (Lipinski definition) is 3. The Morgan fingerprint density at radius 2 is 1.48 bits per heavy atom. The first-order chi connectivity index (χ1) is 19.1. The minimum Gasteiger partial charge on any atom is -0.478 e. The average molecular weight is 533 g/mol. The lowest BCUT2D eigenvalue weighted by atomic mass is 9.95. The van der Waals surface area contributed by atoms with Crippen LogP contribution in [0.15, 0.2) is 103 Å². The highest BCUT2D eigenvalue weighted by Crippen LogP contribution is 2.26. The van der Waals surface area contributed by atoms with Crippen molar-refractivity contribution in [3.8, 4) is 11.1 Å². The molecule has 0 aliphatic carbocycles. The van der Waals surface area contributed by atoms with Crippen LogP contribution in [0, 0.1) is 6.92 Å². The topological polar surface area (TPSA) is 75.3 Å². The lowest BCUT2D eigenvalue weighted by molar-refractivity contribution is 0.0697. The van der Waals surface area contributed by atoms with E-state index in [1.54, 1.807) is 12.1 Å². The van der Waals surface area contributed by atoms with Crippen molar-refractivity contribution in [1.29, 1.82) is 0 Å². The molecule has 0 bridgehead atoms. The highest BCUT2D eigenvalue weighted by Gasteiger charge is 2.10. The number of carboxylic acid groups (broad SMARTS) is 1. The average Bonchev–Trinajstić information content (AvgIpc) is 2.97. The second-order valence-electron chi connectivity index (χ2n) is 10.1. The van der Waals surface area contributed by atoms with Gasteiger partial charge in [0.25, 0.3) is 0 Å². The van der Waals surface area contributed by atoms with Crippen molar-refractivity contribution in [1.82, 2.24) is 5.32 Å². The van der Waals surface area contributed by atoms with Gasteiger partial charge in [-0.3, -0.25) is 0 Å². The summed E-state index contributed by atoms with van der Waals surface area (Å²) in [6, 6.07) is 29.5. The van der Waals surface area contributed by atoms with Gasteiger partial charge in [-0.25, -0.2) is 4.79 Å². The van der Waals surface area contributed by atoms with Crippen LogP contribution in [0.25, 0.3) is 22.4 Å². The number of benzene rings is 4. The summed E-state index contributed by atoms with van der Waals surface area (Å²) in [6.45, 7) is 15.6. The fourth-order valence-electron chi connectivity index (χ4n) is 4.27. The Morgan fingerprint density at radius 1 is 0.850 bits per heavy atom. The summed E-state index contributed by atoms with van der Waals surface area (Å²) < 4.78 is 0. The number of nitrogens with one attached hydrogen (secondary N) is 1. The molecule has 4 aromatic carbocycles. The van der Waals surface area contributed by atoms with E-state index in [-0.39, 0.29) is 0 Å². The highest BCUT2D eigenvalue weighted by atomic mass is 16.4. The number of anilines is 1. The lowest BCUT2D eigenvalue weighted by Crippen LogP contribution is -2.11. The number of nitrogen functional groups attached to an aromatic ring is 1. The van der Waals surface area contributed by atoms with Gasteiger partial charge in [-0.05, 0) is 103 Å². The van der Waals surface area contributed by atoms with E-state index in [1.165, 1.54) is 33.4 Å². The van der Waals surface area contributed by atoms with Crippen molar-refractivity contribution in [2.45, 2.75) is 47.6 Å². The van der Waals surface area contributed by atoms with Crippen LogP contribution in [-0.4, -0.2) is 11.1 Å². The number of hydrogen-bond donors (Lipinski definition) is 3. The van der Waals surface area contributed by atoms with E-state index in [9.17, 15) is 4.79 Å². The summed E-state index contributed by atoms with van der Waals surface area (Å²) in [5.74, 6) is -0.889. The number of rotatable bonds is 8. The van der Waals surface area contributed by atoms with Crippen molar-refractivity contribution in [3.63, 3.8) is 0 Å². The molecule has 0 unspecified atom stereocenters. The van der Waals surface area contributed by atoms with E-state index >= 15 is 0 Å². The quantitative estimate of drug-likeness (QED) is 0.198. The maximum absolute atomic E-state index is 11.1. The Bertz CT molecular complexity index is 1490. The van der Waals surface area contributed by atoms with Gasteiger partial charge >= 0.3 is 5.97 Å². The van der Waals surface area contributed by atoms with Crippen LogP contribution in [0.5, 0.6) is 0 Å². The SMILES string of the molecule is C=C(NCc1ccc(N)cc1)c1ccc(C)c(C(C)=C(C)C)c1.CCc1ccc(-c2ccccc2C(=O)O)cc1. The second kappa shape index (κ2) is 14.0. The van der Waals surface area contributed by atoms with Crippen molar-refractivity contribution >= 4 is 22.9 Å². The van der Waals surface area contributed by atoms with Crippen molar-refractivity contribution in [2.24, 2.45) is 0 Å². The molecule has 4 aromatic rings. The van der Waals surface area contributed by atoms with E-state index in [1.807, 2.05) is 60.7 Å². The van der Waals surface area contributed by atoms with Crippen LogP contribution in [0.4, 0.5) is 5.69 Å². The Hall–Kier alpha value is -4.57. The maximum atomic E-state index is 11.1. The summed E-state index contributed by atoms with van der Waals surface area (Å²) in [5.41, 5.74) is 18.3. The summed E-state index contributed by atoms with van der Waals surface area (Å²) in [5, 5.41) is 12.5. The van der Waals surface area contributed by atoms with Crippen LogP contribution in [0.2, 0.25) is 0 Å². The van der Waals surface area contributed by atoms with E-state index < -0.39 is 5.97 Å². The van der Waals surface area contributed by atoms with Gasteiger partial charge in [-0.15, -0.1) is 0 Å². The maximum Gasteiger partial charge on any atom is 0.336 e. The molecule has 206 valence electrons. The molecule has 0 aliphatic heterocycles. The molecule has 4 rings (SSSR count). The first-order valence-electron chi connectivity index (χ1n) is 13.5. The van der Waals surface area contributed by atoms with Crippen LogP contribution in [0.1, 0.15) is 65.9 Å². The molecule has 0 amide bonds. The van der Waals surface area contributed by atoms with E-state index in [4.69, 9.17) is 10.8 Å². The van der Waals surface area contributed by atoms with E-state index in [0.29, 0.717) is 5.56 Å². The van der Waals surface area contributed by atoms with Gasteiger partial charge in [0.15, 0.2) is 0 Å². The van der Waals surface area contributed by atoms with Gasteiger partial charge < -0.3 is 16.2 Å². The van der Waals surface area contributed by atoms with Gasteiger partial charge in [-0.1, -0.05) is 85.8 Å². The molecule has 0 fully saturated rings.